The van der Waals surface area contributed by atoms with Gasteiger partial charge in [-0.2, -0.15) is 0 Å². The first-order valence-corrected chi connectivity index (χ1v) is 8.45. The minimum absolute atomic E-state index is 0.201. The Kier molecular flexibility index (Phi) is 8.26. The van der Waals surface area contributed by atoms with E-state index >= 15 is 0 Å². The molecule has 0 radical (unpaired) electrons. The molecule has 1 unspecified atom stereocenters. The summed E-state index contributed by atoms with van der Waals surface area (Å²) in [5.41, 5.74) is 6.41. The van der Waals surface area contributed by atoms with Gasteiger partial charge in [0.2, 0.25) is 5.91 Å². The standard InChI is InChI=1S/C8H10AsNO5.C3H5NO/c1-7(11)10-14-9(12,15-13)8-5-3-2-4-6-8;1-2-3(4)5/h2-6,13H,1H3,(H,10,11);2H,1H2,(H2,4,5). The third-order valence-electron chi connectivity index (χ3n) is 1.69. The van der Waals surface area contributed by atoms with E-state index in [0.717, 1.165) is 6.08 Å². The fourth-order valence-electron chi connectivity index (χ4n) is 0.851. The predicted molar refractivity (Wildman–Crippen MR) is 70.5 cm³/mol. The van der Waals surface area contributed by atoms with Crippen molar-refractivity contribution in [2.24, 2.45) is 5.73 Å². The van der Waals surface area contributed by atoms with Crippen LogP contribution in [0.3, 0.4) is 0 Å². The molecule has 9 heteroatoms. The van der Waals surface area contributed by atoms with Gasteiger partial charge in [0.05, 0.1) is 0 Å². The zero-order valence-electron chi connectivity index (χ0n) is 10.7. The first-order valence-electron chi connectivity index (χ1n) is 5.21. The number of nitrogens with two attached hydrogens (primary N) is 1. The number of hydrogen-bond donors (Lipinski definition) is 3. The van der Waals surface area contributed by atoms with Gasteiger partial charge in [0.25, 0.3) is 0 Å². The number of carbonyl (C=O) groups is 2. The molecular weight excluding hydrogens is 331 g/mol. The summed E-state index contributed by atoms with van der Waals surface area (Å²) in [4.78, 5) is 20.0. The van der Waals surface area contributed by atoms with E-state index in [0.29, 0.717) is 0 Å². The van der Waals surface area contributed by atoms with E-state index in [2.05, 4.69) is 20.0 Å². The van der Waals surface area contributed by atoms with E-state index in [-0.39, 0.29) is 4.35 Å². The SMILES string of the molecule is C=CC(N)=O.CC(=O)NO[As](=O)(OO)c1ccccc1. The van der Waals surface area contributed by atoms with Crippen LogP contribution in [0.2, 0.25) is 0 Å². The zero-order chi connectivity index (χ0) is 15.6. The summed E-state index contributed by atoms with van der Waals surface area (Å²) in [6, 6.07) is 7.87. The average molecular weight is 346 g/mol. The monoisotopic (exact) mass is 346 g/mol. The van der Waals surface area contributed by atoms with Crippen LogP contribution in [0.1, 0.15) is 6.92 Å². The summed E-state index contributed by atoms with van der Waals surface area (Å²) in [7, 11) is 0. The second-order valence-electron chi connectivity index (χ2n) is 3.27. The van der Waals surface area contributed by atoms with Crippen LogP contribution in [0.25, 0.3) is 0 Å². The third-order valence-corrected chi connectivity index (χ3v) is 4.79. The van der Waals surface area contributed by atoms with E-state index in [1.807, 2.05) is 5.48 Å². The quantitative estimate of drug-likeness (QED) is 0.285. The summed E-state index contributed by atoms with van der Waals surface area (Å²) >= 11 is -4.55. The minimum atomic E-state index is -4.55. The molecule has 1 rings (SSSR count). The summed E-state index contributed by atoms with van der Waals surface area (Å²) in [6.07, 6.45) is 1.06. The van der Waals surface area contributed by atoms with Gasteiger partial charge in [-0.25, -0.2) is 0 Å². The number of primary amides is 1. The second kappa shape index (κ2) is 9.11. The Bertz CT molecular complexity index is 505. The van der Waals surface area contributed by atoms with Crippen molar-refractivity contribution in [1.82, 2.24) is 5.48 Å². The van der Waals surface area contributed by atoms with E-state index in [1.165, 1.54) is 19.1 Å². The van der Waals surface area contributed by atoms with Crippen molar-refractivity contribution in [2.75, 3.05) is 0 Å². The van der Waals surface area contributed by atoms with Crippen molar-refractivity contribution < 1.29 is 26.3 Å². The fourth-order valence-corrected chi connectivity index (χ4v) is 2.99. The van der Waals surface area contributed by atoms with Crippen LogP contribution in [0.15, 0.2) is 43.0 Å². The molecule has 1 aromatic rings. The van der Waals surface area contributed by atoms with Gasteiger partial charge in [0.15, 0.2) is 0 Å². The Balaban J connectivity index is 0.000000621. The second-order valence-corrected chi connectivity index (χ2v) is 7.17. The molecule has 2 amide bonds. The molecule has 0 saturated heterocycles. The molecule has 20 heavy (non-hydrogen) atoms. The average Bonchev–Trinajstić information content (AvgIpc) is 2.46. The van der Waals surface area contributed by atoms with Crippen LogP contribution in [0.4, 0.5) is 0 Å². The number of carbonyl (C=O) groups excluding carboxylic acids is 2. The molecule has 0 aliphatic carbocycles. The first-order chi connectivity index (χ1) is 9.35. The van der Waals surface area contributed by atoms with Gasteiger partial charge in [-0.05, 0) is 6.08 Å². The number of hydrogen-bond acceptors (Lipinski definition) is 6. The molecule has 0 saturated carbocycles. The van der Waals surface area contributed by atoms with Gasteiger partial charge >= 0.3 is 88.7 Å². The molecule has 110 valence electrons. The topological polar surface area (TPSA) is 128 Å². The number of rotatable bonds is 5. The number of nitrogens with one attached hydrogen (secondary N) is 1. The molecule has 0 aliphatic rings. The van der Waals surface area contributed by atoms with Crippen molar-refractivity contribution in [3.8, 4) is 0 Å². The number of amides is 2. The summed E-state index contributed by atoms with van der Waals surface area (Å²) < 4.78 is 20.5. The molecule has 8 nitrogen and oxygen atoms in total. The van der Waals surface area contributed by atoms with Crippen LogP contribution in [0, 0.1) is 0 Å². The van der Waals surface area contributed by atoms with Crippen molar-refractivity contribution in [2.45, 2.75) is 6.92 Å². The van der Waals surface area contributed by atoms with Gasteiger partial charge in [0.1, 0.15) is 0 Å². The first kappa shape index (κ1) is 18.1. The summed E-state index contributed by atoms with van der Waals surface area (Å²) in [5.74, 6) is -1.02. The molecule has 0 bridgehead atoms. The van der Waals surface area contributed by atoms with Gasteiger partial charge in [0, 0.05) is 0 Å². The molecule has 1 aromatic carbocycles. The van der Waals surface area contributed by atoms with E-state index < -0.39 is 26.0 Å². The van der Waals surface area contributed by atoms with Gasteiger partial charge in [-0.3, -0.25) is 4.79 Å². The Labute approximate surface area is 118 Å². The fraction of sp³-hybridized carbons (Fsp3) is 0.0909. The Morgan fingerprint density at radius 1 is 1.40 bits per heavy atom. The van der Waals surface area contributed by atoms with Crippen LogP contribution >= 0.6 is 0 Å². The molecule has 0 heterocycles. The van der Waals surface area contributed by atoms with Gasteiger partial charge in [-0.1, -0.05) is 6.58 Å². The van der Waals surface area contributed by atoms with Crippen LogP contribution < -0.4 is 15.6 Å². The molecular formula is C11H15AsN2O6. The summed E-state index contributed by atoms with van der Waals surface area (Å²) in [5, 5.41) is 8.54. The zero-order valence-corrected chi connectivity index (χ0v) is 12.6. The maximum atomic E-state index is 11.8. The Morgan fingerprint density at radius 3 is 2.25 bits per heavy atom. The number of hydroxylamine groups is 1. The van der Waals surface area contributed by atoms with E-state index in [1.54, 1.807) is 18.2 Å². The number of benzene rings is 1. The molecule has 0 aromatic heterocycles. The van der Waals surface area contributed by atoms with E-state index in [9.17, 15) is 13.3 Å². The third kappa shape index (κ3) is 6.91. The maximum absolute atomic E-state index is 11.8. The molecule has 0 spiro atoms. The van der Waals surface area contributed by atoms with Crippen molar-refractivity contribution in [3.05, 3.63) is 43.0 Å². The van der Waals surface area contributed by atoms with Crippen molar-refractivity contribution in [3.63, 3.8) is 0 Å². The molecule has 0 fully saturated rings. The summed E-state index contributed by atoms with van der Waals surface area (Å²) in [6.45, 7) is 4.27. The van der Waals surface area contributed by atoms with Gasteiger partial charge in [-0.15, -0.1) is 0 Å². The van der Waals surface area contributed by atoms with Crippen molar-refractivity contribution >= 4 is 30.3 Å². The molecule has 4 N–H and O–H groups in total. The Morgan fingerprint density at radius 2 is 1.90 bits per heavy atom. The van der Waals surface area contributed by atoms with Crippen LogP contribution in [-0.4, -0.2) is 31.2 Å². The normalized spacial score (nSPS) is 12.3. The van der Waals surface area contributed by atoms with Crippen LogP contribution in [0.5, 0.6) is 0 Å². The van der Waals surface area contributed by atoms with Gasteiger partial charge < -0.3 is 5.73 Å². The van der Waals surface area contributed by atoms with Crippen LogP contribution in [-0.2, 0) is 21.0 Å². The molecule has 0 aliphatic heterocycles. The van der Waals surface area contributed by atoms with E-state index in [4.69, 9.17) is 5.26 Å². The Hall–Kier alpha value is -1.86. The predicted octanol–water partition coefficient (Wildman–Crippen LogP) is -0.522. The molecule has 1 atom stereocenters. The van der Waals surface area contributed by atoms with Crippen molar-refractivity contribution in [1.29, 1.82) is 0 Å².